The monoisotopic (exact) mass is 290 g/mol. The fourth-order valence-corrected chi connectivity index (χ4v) is 2.33. The topological polar surface area (TPSA) is 42.0 Å². The molecule has 21 heavy (non-hydrogen) atoms. The van der Waals surface area contributed by atoms with Gasteiger partial charge >= 0.3 is 0 Å². The van der Waals surface area contributed by atoms with Crippen LogP contribution >= 0.6 is 0 Å². The predicted octanol–water partition coefficient (Wildman–Crippen LogP) is 1.40. The van der Waals surface area contributed by atoms with E-state index in [0.717, 1.165) is 32.7 Å². The normalized spacial score (nSPS) is 15.6. The largest absolute Gasteiger partial charge is 0.493 e. The number of hydrogen-bond acceptors (Lipinski definition) is 4. The number of carbonyl (C=O) groups is 1. The van der Waals surface area contributed by atoms with Gasteiger partial charge in [-0.3, -0.25) is 9.69 Å². The van der Waals surface area contributed by atoms with Crippen molar-refractivity contribution >= 4 is 5.91 Å². The van der Waals surface area contributed by atoms with Gasteiger partial charge in [0.25, 0.3) is 5.91 Å². The fraction of sp³-hybridized carbons (Fsp3) is 0.438. The van der Waals surface area contributed by atoms with Crippen LogP contribution in [0.15, 0.2) is 36.9 Å². The highest BCUT2D eigenvalue weighted by molar-refractivity contribution is 5.78. The third-order valence-electron chi connectivity index (χ3n) is 3.53. The van der Waals surface area contributed by atoms with Crippen LogP contribution in [0.1, 0.15) is 0 Å². The van der Waals surface area contributed by atoms with Crippen molar-refractivity contribution < 1.29 is 14.3 Å². The van der Waals surface area contributed by atoms with Gasteiger partial charge in [-0.2, -0.15) is 0 Å². The van der Waals surface area contributed by atoms with Crippen LogP contribution in [-0.4, -0.2) is 62.1 Å². The number of amides is 1. The van der Waals surface area contributed by atoms with E-state index in [1.54, 1.807) is 13.2 Å². The molecule has 1 aromatic rings. The van der Waals surface area contributed by atoms with Crippen molar-refractivity contribution in [3.8, 4) is 11.5 Å². The molecule has 1 aromatic carbocycles. The summed E-state index contributed by atoms with van der Waals surface area (Å²) >= 11 is 0. The molecule has 0 spiro atoms. The van der Waals surface area contributed by atoms with Gasteiger partial charge in [0.2, 0.25) is 0 Å². The second-order valence-corrected chi connectivity index (χ2v) is 4.91. The maximum atomic E-state index is 12.2. The summed E-state index contributed by atoms with van der Waals surface area (Å²) in [6.07, 6.45) is 1.89. The molecule has 0 atom stereocenters. The highest BCUT2D eigenvalue weighted by Gasteiger charge is 2.20. The quantitative estimate of drug-likeness (QED) is 0.743. The van der Waals surface area contributed by atoms with E-state index in [-0.39, 0.29) is 12.5 Å². The molecule has 5 nitrogen and oxygen atoms in total. The van der Waals surface area contributed by atoms with Crippen LogP contribution in [0, 0.1) is 0 Å². The number of ether oxygens (including phenoxy) is 2. The molecule has 5 heteroatoms. The molecular formula is C16H22N2O3. The minimum absolute atomic E-state index is 0.0131. The summed E-state index contributed by atoms with van der Waals surface area (Å²) < 4.78 is 10.8. The number of nitrogens with zero attached hydrogens (tertiary/aromatic N) is 2. The molecule has 2 rings (SSSR count). The molecule has 0 N–H and O–H groups in total. The Bertz CT molecular complexity index is 482. The molecule has 0 aliphatic carbocycles. The van der Waals surface area contributed by atoms with Gasteiger partial charge in [0.15, 0.2) is 18.1 Å². The molecule has 1 amide bonds. The van der Waals surface area contributed by atoms with Crippen molar-refractivity contribution in [2.24, 2.45) is 0 Å². The van der Waals surface area contributed by atoms with Crippen LogP contribution in [0.3, 0.4) is 0 Å². The number of rotatable bonds is 6. The first-order valence-corrected chi connectivity index (χ1v) is 7.11. The number of para-hydroxylation sites is 2. The molecule has 0 radical (unpaired) electrons. The number of carbonyl (C=O) groups excluding carboxylic acids is 1. The lowest BCUT2D eigenvalue weighted by Crippen LogP contribution is -2.49. The first kappa shape index (κ1) is 15.4. The van der Waals surface area contributed by atoms with Crippen LogP contribution in [0.25, 0.3) is 0 Å². The Morgan fingerprint density at radius 3 is 2.52 bits per heavy atom. The molecule has 1 aliphatic heterocycles. The Balaban J connectivity index is 1.81. The van der Waals surface area contributed by atoms with Gasteiger partial charge in [-0.05, 0) is 12.1 Å². The van der Waals surface area contributed by atoms with Crippen molar-refractivity contribution in [3.63, 3.8) is 0 Å². The third-order valence-corrected chi connectivity index (χ3v) is 3.53. The molecule has 0 bridgehead atoms. The molecule has 1 fully saturated rings. The average molecular weight is 290 g/mol. The Morgan fingerprint density at radius 1 is 1.24 bits per heavy atom. The van der Waals surface area contributed by atoms with Gasteiger partial charge in [0.05, 0.1) is 7.11 Å². The molecule has 1 saturated heterocycles. The van der Waals surface area contributed by atoms with Gasteiger partial charge in [0.1, 0.15) is 0 Å². The summed E-state index contributed by atoms with van der Waals surface area (Å²) in [5, 5.41) is 0. The van der Waals surface area contributed by atoms with E-state index >= 15 is 0 Å². The van der Waals surface area contributed by atoms with Crippen molar-refractivity contribution in [1.29, 1.82) is 0 Å². The molecular weight excluding hydrogens is 268 g/mol. The number of methoxy groups -OCH3 is 1. The molecule has 0 saturated carbocycles. The summed E-state index contributed by atoms with van der Waals surface area (Å²) in [5.74, 6) is 1.25. The predicted molar refractivity (Wildman–Crippen MR) is 81.7 cm³/mol. The van der Waals surface area contributed by atoms with Gasteiger partial charge in [-0.25, -0.2) is 0 Å². The zero-order valence-corrected chi connectivity index (χ0v) is 12.5. The Hall–Kier alpha value is -2.01. The van der Waals surface area contributed by atoms with Gasteiger partial charge < -0.3 is 14.4 Å². The van der Waals surface area contributed by atoms with E-state index in [1.807, 2.05) is 29.2 Å². The van der Waals surface area contributed by atoms with Crippen molar-refractivity contribution in [1.82, 2.24) is 9.80 Å². The van der Waals surface area contributed by atoms with Crippen LogP contribution in [-0.2, 0) is 4.79 Å². The van der Waals surface area contributed by atoms with Gasteiger partial charge in [-0.1, -0.05) is 18.2 Å². The average Bonchev–Trinajstić information content (AvgIpc) is 2.54. The minimum atomic E-state index is 0.0131. The Kier molecular flexibility index (Phi) is 5.63. The third kappa shape index (κ3) is 4.23. The lowest BCUT2D eigenvalue weighted by atomic mass is 10.3. The SMILES string of the molecule is C=CCN1CCN(C(=O)COc2ccccc2OC)CC1. The van der Waals surface area contributed by atoms with Gasteiger partial charge in [0, 0.05) is 32.7 Å². The van der Waals surface area contributed by atoms with E-state index in [4.69, 9.17) is 9.47 Å². The van der Waals surface area contributed by atoms with Crippen LogP contribution < -0.4 is 9.47 Å². The van der Waals surface area contributed by atoms with Crippen molar-refractivity contribution in [3.05, 3.63) is 36.9 Å². The lowest BCUT2D eigenvalue weighted by molar-refractivity contribution is -0.135. The lowest BCUT2D eigenvalue weighted by Gasteiger charge is -2.34. The van der Waals surface area contributed by atoms with Crippen LogP contribution in [0.2, 0.25) is 0 Å². The molecule has 0 aromatic heterocycles. The van der Waals surface area contributed by atoms with E-state index in [2.05, 4.69) is 11.5 Å². The van der Waals surface area contributed by atoms with Crippen LogP contribution in [0.4, 0.5) is 0 Å². The summed E-state index contributed by atoms with van der Waals surface area (Å²) in [6, 6.07) is 7.34. The molecule has 114 valence electrons. The zero-order valence-electron chi connectivity index (χ0n) is 12.5. The second kappa shape index (κ2) is 7.69. The first-order valence-electron chi connectivity index (χ1n) is 7.11. The van der Waals surface area contributed by atoms with Gasteiger partial charge in [-0.15, -0.1) is 6.58 Å². The highest BCUT2D eigenvalue weighted by atomic mass is 16.5. The summed E-state index contributed by atoms with van der Waals surface area (Å²) in [6.45, 7) is 7.89. The Morgan fingerprint density at radius 2 is 1.90 bits per heavy atom. The second-order valence-electron chi connectivity index (χ2n) is 4.91. The smallest absolute Gasteiger partial charge is 0.260 e. The number of hydrogen-bond donors (Lipinski definition) is 0. The minimum Gasteiger partial charge on any atom is -0.493 e. The van der Waals surface area contributed by atoms with E-state index < -0.39 is 0 Å². The number of piperazine rings is 1. The summed E-state index contributed by atoms with van der Waals surface area (Å²) in [5.41, 5.74) is 0. The fourth-order valence-electron chi connectivity index (χ4n) is 2.33. The Labute approximate surface area is 125 Å². The first-order chi connectivity index (χ1) is 10.2. The maximum absolute atomic E-state index is 12.2. The molecule has 1 heterocycles. The maximum Gasteiger partial charge on any atom is 0.260 e. The van der Waals surface area contributed by atoms with Crippen molar-refractivity contribution in [2.75, 3.05) is 46.4 Å². The summed E-state index contributed by atoms with van der Waals surface area (Å²) in [4.78, 5) is 16.3. The van der Waals surface area contributed by atoms with Crippen molar-refractivity contribution in [2.45, 2.75) is 0 Å². The number of benzene rings is 1. The standard InChI is InChI=1S/C16H22N2O3/c1-3-8-17-9-11-18(12-10-17)16(19)13-21-15-7-5-4-6-14(15)20-2/h3-7H,1,8-13H2,2H3. The molecule has 0 unspecified atom stereocenters. The van der Waals surface area contributed by atoms with Crippen LogP contribution in [0.5, 0.6) is 11.5 Å². The van der Waals surface area contributed by atoms with E-state index in [0.29, 0.717) is 11.5 Å². The molecule has 1 aliphatic rings. The zero-order chi connectivity index (χ0) is 15.1. The van der Waals surface area contributed by atoms with E-state index in [1.165, 1.54) is 0 Å². The van der Waals surface area contributed by atoms with E-state index in [9.17, 15) is 4.79 Å². The highest BCUT2D eigenvalue weighted by Crippen LogP contribution is 2.25. The summed E-state index contributed by atoms with van der Waals surface area (Å²) in [7, 11) is 1.59.